The van der Waals surface area contributed by atoms with Gasteiger partial charge in [-0.2, -0.15) is 0 Å². The summed E-state index contributed by atoms with van der Waals surface area (Å²) in [5, 5.41) is 3.43. The van der Waals surface area contributed by atoms with Crippen LogP contribution in [0.3, 0.4) is 0 Å². The summed E-state index contributed by atoms with van der Waals surface area (Å²) in [4.78, 5) is 0. The van der Waals surface area contributed by atoms with E-state index in [4.69, 9.17) is 16.3 Å². The summed E-state index contributed by atoms with van der Waals surface area (Å²) >= 11 is 9.12. The molecule has 0 spiro atoms. The maximum Gasteiger partial charge on any atom is 0.142 e. The standard InChI is InChI=1S/C15H14BrClFNO/c1-9(10-3-5-13(17)14(18)7-10)19-11-4-6-15(20-2)12(16)8-11/h3-9,19H,1-2H3. The van der Waals surface area contributed by atoms with Crippen molar-refractivity contribution in [1.29, 1.82) is 0 Å². The molecule has 5 heteroatoms. The molecule has 1 N–H and O–H groups in total. The Hall–Kier alpha value is -1.26. The van der Waals surface area contributed by atoms with Crippen LogP contribution in [0.2, 0.25) is 5.02 Å². The maximum atomic E-state index is 13.5. The third-order valence-electron chi connectivity index (χ3n) is 2.98. The molecule has 0 aromatic heterocycles. The fraction of sp³-hybridized carbons (Fsp3) is 0.200. The number of halogens is 3. The summed E-state index contributed by atoms with van der Waals surface area (Å²) in [6.45, 7) is 1.96. The van der Waals surface area contributed by atoms with Crippen LogP contribution >= 0.6 is 27.5 Å². The molecule has 20 heavy (non-hydrogen) atoms. The van der Waals surface area contributed by atoms with Crippen molar-refractivity contribution in [3.05, 3.63) is 57.3 Å². The van der Waals surface area contributed by atoms with Gasteiger partial charge >= 0.3 is 0 Å². The molecule has 0 bridgehead atoms. The van der Waals surface area contributed by atoms with Crippen LogP contribution in [-0.4, -0.2) is 7.11 Å². The van der Waals surface area contributed by atoms with Gasteiger partial charge in [-0.25, -0.2) is 4.39 Å². The first-order chi connectivity index (χ1) is 9.51. The molecule has 0 aliphatic carbocycles. The minimum absolute atomic E-state index is 0.0398. The van der Waals surface area contributed by atoms with Crippen LogP contribution < -0.4 is 10.1 Å². The number of hydrogen-bond donors (Lipinski definition) is 1. The molecular formula is C15H14BrClFNO. The summed E-state index contributed by atoms with van der Waals surface area (Å²) in [5.74, 6) is 0.356. The van der Waals surface area contributed by atoms with Crippen LogP contribution in [0.5, 0.6) is 5.75 Å². The summed E-state index contributed by atoms with van der Waals surface area (Å²) in [5.41, 5.74) is 1.75. The van der Waals surface area contributed by atoms with E-state index in [1.54, 1.807) is 13.2 Å². The molecule has 0 radical (unpaired) electrons. The first kappa shape index (κ1) is 15.1. The van der Waals surface area contributed by atoms with E-state index < -0.39 is 5.82 Å². The molecule has 2 aromatic carbocycles. The third-order valence-corrected chi connectivity index (χ3v) is 3.90. The Balaban J connectivity index is 2.16. The zero-order chi connectivity index (χ0) is 14.7. The van der Waals surface area contributed by atoms with Crippen LogP contribution in [0.25, 0.3) is 0 Å². The van der Waals surface area contributed by atoms with E-state index in [1.807, 2.05) is 31.2 Å². The van der Waals surface area contributed by atoms with Crippen LogP contribution in [0.15, 0.2) is 40.9 Å². The Morgan fingerprint density at radius 3 is 2.60 bits per heavy atom. The highest BCUT2D eigenvalue weighted by Gasteiger charge is 2.09. The Kier molecular flexibility index (Phi) is 4.89. The first-order valence-corrected chi connectivity index (χ1v) is 7.23. The molecule has 0 saturated heterocycles. The van der Waals surface area contributed by atoms with Gasteiger partial charge in [-0.05, 0) is 58.7 Å². The van der Waals surface area contributed by atoms with E-state index in [2.05, 4.69) is 21.2 Å². The van der Waals surface area contributed by atoms with E-state index in [1.165, 1.54) is 6.07 Å². The van der Waals surface area contributed by atoms with Gasteiger partial charge in [0.05, 0.1) is 16.6 Å². The van der Waals surface area contributed by atoms with Gasteiger partial charge in [0.1, 0.15) is 11.6 Å². The molecular weight excluding hydrogens is 345 g/mol. The monoisotopic (exact) mass is 357 g/mol. The lowest BCUT2D eigenvalue weighted by Gasteiger charge is -2.17. The van der Waals surface area contributed by atoms with Gasteiger partial charge in [0.2, 0.25) is 0 Å². The average molecular weight is 359 g/mol. The van der Waals surface area contributed by atoms with E-state index in [-0.39, 0.29) is 11.1 Å². The molecule has 1 atom stereocenters. The molecule has 2 rings (SSSR count). The zero-order valence-corrected chi connectivity index (χ0v) is 13.4. The first-order valence-electron chi connectivity index (χ1n) is 6.06. The van der Waals surface area contributed by atoms with Crippen LogP contribution in [-0.2, 0) is 0 Å². The van der Waals surface area contributed by atoms with E-state index in [9.17, 15) is 4.39 Å². The van der Waals surface area contributed by atoms with Gasteiger partial charge in [0, 0.05) is 11.7 Å². The molecule has 0 saturated carbocycles. The lowest BCUT2D eigenvalue weighted by molar-refractivity contribution is 0.412. The molecule has 2 aromatic rings. The Morgan fingerprint density at radius 2 is 2.00 bits per heavy atom. The molecule has 0 aliphatic heterocycles. The SMILES string of the molecule is COc1ccc(NC(C)c2ccc(Cl)c(F)c2)cc1Br. The molecule has 0 heterocycles. The number of methoxy groups -OCH3 is 1. The van der Waals surface area contributed by atoms with Gasteiger partial charge < -0.3 is 10.1 Å². The number of anilines is 1. The Bertz CT molecular complexity index is 621. The second-order valence-corrected chi connectivity index (χ2v) is 5.65. The van der Waals surface area contributed by atoms with Gasteiger partial charge in [0.15, 0.2) is 0 Å². The van der Waals surface area contributed by atoms with Crippen molar-refractivity contribution >= 4 is 33.2 Å². The molecule has 0 fully saturated rings. The molecule has 106 valence electrons. The maximum absolute atomic E-state index is 13.5. The van der Waals surface area contributed by atoms with E-state index in [0.29, 0.717) is 0 Å². The van der Waals surface area contributed by atoms with Crippen molar-refractivity contribution in [2.24, 2.45) is 0 Å². The van der Waals surface area contributed by atoms with Crippen LogP contribution in [0.1, 0.15) is 18.5 Å². The van der Waals surface area contributed by atoms with Crippen molar-refractivity contribution in [2.45, 2.75) is 13.0 Å². The second-order valence-electron chi connectivity index (χ2n) is 4.39. The van der Waals surface area contributed by atoms with Crippen molar-refractivity contribution < 1.29 is 9.13 Å². The van der Waals surface area contributed by atoms with Crippen LogP contribution in [0.4, 0.5) is 10.1 Å². The largest absolute Gasteiger partial charge is 0.496 e. The Morgan fingerprint density at radius 1 is 1.25 bits per heavy atom. The van der Waals surface area contributed by atoms with Crippen molar-refractivity contribution in [3.63, 3.8) is 0 Å². The van der Waals surface area contributed by atoms with Crippen molar-refractivity contribution in [3.8, 4) is 5.75 Å². The molecule has 0 amide bonds. The normalized spacial score (nSPS) is 12.1. The highest BCUT2D eigenvalue weighted by Crippen LogP contribution is 2.30. The van der Waals surface area contributed by atoms with Crippen molar-refractivity contribution in [1.82, 2.24) is 0 Å². The summed E-state index contributed by atoms with van der Waals surface area (Å²) in [7, 11) is 1.62. The average Bonchev–Trinajstić information content (AvgIpc) is 2.42. The fourth-order valence-corrected chi connectivity index (χ4v) is 2.53. The van der Waals surface area contributed by atoms with Gasteiger partial charge in [-0.15, -0.1) is 0 Å². The number of rotatable bonds is 4. The Labute approximate surface area is 131 Å². The van der Waals surface area contributed by atoms with E-state index in [0.717, 1.165) is 21.5 Å². The van der Waals surface area contributed by atoms with Gasteiger partial charge in [-0.1, -0.05) is 17.7 Å². The molecule has 2 nitrogen and oxygen atoms in total. The second kappa shape index (κ2) is 6.46. The van der Waals surface area contributed by atoms with Gasteiger partial charge in [-0.3, -0.25) is 0 Å². The topological polar surface area (TPSA) is 21.3 Å². The molecule has 1 unspecified atom stereocenters. The zero-order valence-electron chi connectivity index (χ0n) is 11.1. The highest BCUT2D eigenvalue weighted by molar-refractivity contribution is 9.10. The lowest BCUT2D eigenvalue weighted by Crippen LogP contribution is -2.07. The quantitative estimate of drug-likeness (QED) is 0.787. The third kappa shape index (κ3) is 3.44. The number of benzene rings is 2. The van der Waals surface area contributed by atoms with Crippen LogP contribution in [0, 0.1) is 5.82 Å². The lowest BCUT2D eigenvalue weighted by atomic mass is 10.1. The van der Waals surface area contributed by atoms with E-state index >= 15 is 0 Å². The minimum Gasteiger partial charge on any atom is -0.496 e. The predicted molar refractivity (Wildman–Crippen MR) is 84.1 cm³/mol. The fourth-order valence-electron chi connectivity index (χ4n) is 1.87. The summed E-state index contributed by atoms with van der Waals surface area (Å²) in [6.07, 6.45) is 0. The van der Waals surface area contributed by atoms with Gasteiger partial charge in [0.25, 0.3) is 0 Å². The number of hydrogen-bond acceptors (Lipinski definition) is 2. The smallest absolute Gasteiger partial charge is 0.142 e. The predicted octanol–water partition coefficient (Wildman–Crippen LogP) is 5.42. The minimum atomic E-state index is -0.409. The summed E-state index contributed by atoms with van der Waals surface area (Å²) < 4.78 is 19.5. The number of nitrogens with one attached hydrogen (secondary N) is 1. The highest BCUT2D eigenvalue weighted by atomic mass is 79.9. The summed E-state index contributed by atoms with van der Waals surface area (Å²) in [6, 6.07) is 10.5. The van der Waals surface area contributed by atoms with Crippen molar-refractivity contribution in [2.75, 3.05) is 12.4 Å². The molecule has 0 aliphatic rings. The number of ether oxygens (including phenoxy) is 1.